The molecule has 10 heteroatoms. The number of hydrogen-bond donors (Lipinski definition) is 1. The van der Waals surface area contributed by atoms with E-state index in [1.165, 1.54) is 30.5 Å². The zero-order valence-corrected chi connectivity index (χ0v) is 16.8. The summed E-state index contributed by atoms with van der Waals surface area (Å²) in [6.07, 6.45) is 0.342. The number of hydrazone groups is 1. The van der Waals surface area contributed by atoms with E-state index in [-0.39, 0.29) is 12.3 Å². The number of methoxy groups -OCH3 is 1. The number of rotatable bonds is 7. The van der Waals surface area contributed by atoms with E-state index in [1.54, 1.807) is 19.5 Å². The summed E-state index contributed by atoms with van der Waals surface area (Å²) in [5, 5.41) is 3.77. The van der Waals surface area contributed by atoms with Gasteiger partial charge >= 0.3 is 6.36 Å². The molecule has 0 spiro atoms. The van der Waals surface area contributed by atoms with Gasteiger partial charge in [0.25, 0.3) is 0 Å². The van der Waals surface area contributed by atoms with Crippen LogP contribution in [0.5, 0.6) is 11.5 Å². The van der Waals surface area contributed by atoms with Crippen molar-refractivity contribution in [1.29, 1.82) is 0 Å². The van der Waals surface area contributed by atoms with Crippen molar-refractivity contribution in [2.45, 2.75) is 19.8 Å². The second-order valence-electron chi connectivity index (χ2n) is 6.48. The number of halogens is 3. The summed E-state index contributed by atoms with van der Waals surface area (Å²) >= 11 is 0. The van der Waals surface area contributed by atoms with Gasteiger partial charge in [-0.25, -0.2) is 4.98 Å². The highest BCUT2D eigenvalue weighted by molar-refractivity contribution is 6.38. The lowest BCUT2D eigenvalue weighted by molar-refractivity contribution is -0.274. The molecule has 0 amide bonds. The van der Waals surface area contributed by atoms with Crippen LogP contribution in [0, 0.1) is 6.92 Å². The first-order chi connectivity index (χ1) is 14.8. The summed E-state index contributed by atoms with van der Waals surface area (Å²) in [5.41, 5.74) is 3.49. The maximum Gasteiger partial charge on any atom is 0.573 e. The van der Waals surface area contributed by atoms with Crippen LogP contribution in [0.3, 0.4) is 0 Å². The number of benzene rings is 2. The average Bonchev–Trinajstić information content (AvgIpc) is 3.17. The predicted octanol–water partition coefficient (Wildman–Crippen LogP) is 4.02. The van der Waals surface area contributed by atoms with Crippen LogP contribution < -0.4 is 15.3 Å². The van der Waals surface area contributed by atoms with Gasteiger partial charge in [-0.15, -0.1) is 13.2 Å². The van der Waals surface area contributed by atoms with Gasteiger partial charge in [-0.1, -0.05) is 18.2 Å². The minimum absolute atomic E-state index is 0.231. The molecule has 7 nitrogen and oxygen atoms in total. The quantitative estimate of drug-likeness (QED) is 0.348. The van der Waals surface area contributed by atoms with Gasteiger partial charge in [0.15, 0.2) is 0 Å². The summed E-state index contributed by atoms with van der Waals surface area (Å²) in [6, 6.07) is 10.9. The van der Waals surface area contributed by atoms with Crippen LogP contribution in [0.25, 0.3) is 5.69 Å². The van der Waals surface area contributed by atoms with E-state index in [0.29, 0.717) is 22.6 Å². The standard InChI is InChI=1S/C21H20F3N5O2/c1-14-12-29(13-27-14)19-8-5-16(9-20(19)30-2)18(28-25)11-26-10-15-3-6-17(7-4-15)31-21(22,23)24/h3-9,11-13H,10,25H2,1-2H3. The molecule has 0 aliphatic rings. The van der Waals surface area contributed by atoms with Gasteiger partial charge in [0.05, 0.1) is 31.4 Å². The van der Waals surface area contributed by atoms with Crippen molar-refractivity contribution in [2.24, 2.45) is 15.9 Å². The Balaban J connectivity index is 1.71. The van der Waals surface area contributed by atoms with E-state index in [4.69, 9.17) is 10.6 Å². The lowest BCUT2D eigenvalue weighted by Crippen LogP contribution is -2.17. The molecule has 1 aromatic heterocycles. The van der Waals surface area contributed by atoms with Gasteiger partial charge in [-0.05, 0) is 36.8 Å². The molecule has 3 aromatic rings. The van der Waals surface area contributed by atoms with E-state index in [0.717, 1.165) is 11.4 Å². The highest BCUT2D eigenvalue weighted by Gasteiger charge is 2.30. The number of alkyl halides is 3. The van der Waals surface area contributed by atoms with Crippen LogP contribution in [0.15, 0.2) is 65.1 Å². The van der Waals surface area contributed by atoms with Crippen molar-refractivity contribution in [1.82, 2.24) is 9.55 Å². The van der Waals surface area contributed by atoms with Crippen molar-refractivity contribution in [3.05, 3.63) is 71.8 Å². The first-order valence-corrected chi connectivity index (χ1v) is 9.11. The first kappa shape index (κ1) is 21.9. The number of aromatic nitrogens is 2. The molecule has 0 unspecified atom stereocenters. The molecular weight excluding hydrogens is 411 g/mol. The second kappa shape index (κ2) is 9.33. The molecule has 2 aromatic carbocycles. The average molecular weight is 431 g/mol. The molecule has 2 N–H and O–H groups in total. The van der Waals surface area contributed by atoms with Gasteiger partial charge in [0.2, 0.25) is 0 Å². The van der Waals surface area contributed by atoms with E-state index in [1.807, 2.05) is 29.8 Å². The molecule has 3 rings (SSSR count). The van der Waals surface area contributed by atoms with Gasteiger partial charge in [-0.3, -0.25) is 4.99 Å². The minimum atomic E-state index is -4.72. The van der Waals surface area contributed by atoms with Crippen LogP contribution in [-0.2, 0) is 6.54 Å². The van der Waals surface area contributed by atoms with E-state index in [2.05, 4.69) is 19.8 Å². The lowest BCUT2D eigenvalue weighted by Gasteiger charge is -2.11. The van der Waals surface area contributed by atoms with Crippen LogP contribution in [-0.4, -0.2) is 34.9 Å². The number of nitrogens with zero attached hydrogens (tertiary/aromatic N) is 4. The van der Waals surface area contributed by atoms with Crippen LogP contribution in [0.2, 0.25) is 0 Å². The molecule has 31 heavy (non-hydrogen) atoms. The van der Waals surface area contributed by atoms with Crippen molar-refractivity contribution < 1.29 is 22.6 Å². The third kappa shape index (κ3) is 5.84. The van der Waals surface area contributed by atoms with E-state index >= 15 is 0 Å². The maximum absolute atomic E-state index is 12.2. The van der Waals surface area contributed by atoms with Gasteiger partial charge < -0.3 is 19.9 Å². The monoisotopic (exact) mass is 431 g/mol. The minimum Gasteiger partial charge on any atom is -0.495 e. The molecule has 0 aliphatic carbocycles. The van der Waals surface area contributed by atoms with Crippen LogP contribution >= 0.6 is 0 Å². The Morgan fingerprint density at radius 3 is 2.52 bits per heavy atom. The first-order valence-electron chi connectivity index (χ1n) is 9.11. The maximum atomic E-state index is 12.2. The summed E-state index contributed by atoms with van der Waals surface area (Å²) < 4.78 is 47.9. The van der Waals surface area contributed by atoms with Gasteiger partial charge in [0.1, 0.15) is 17.2 Å². The highest BCUT2D eigenvalue weighted by Crippen LogP contribution is 2.25. The molecule has 0 saturated carbocycles. The molecular formula is C21H20F3N5O2. The summed E-state index contributed by atoms with van der Waals surface area (Å²) in [6.45, 7) is 2.12. The fraction of sp³-hybridized carbons (Fsp3) is 0.190. The zero-order chi connectivity index (χ0) is 22.4. The van der Waals surface area contributed by atoms with Crippen molar-refractivity contribution in [3.63, 3.8) is 0 Å². The fourth-order valence-corrected chi connectivity index (χ4v) is 2.82. The third-order valence-electron chi connectivity index (χ3n) is 4.25. The number of ether oxygens (including phenoxy) is 2. The molecule has 0 radical (unpaired) electrons. The van der Waals surface area contributed by atoms with Gasteiger partial charge in [-0.2, -0.15) is 5.10 Å². The van der Waals surface area contributed by atoms with Crippen molar-refractivity contribution in [3.8, 4) is 17.2 Å². The largest absolute Gasteiger partial charge is 0.573 e. The van der Waals surface area contributed by atoms with Gasteiger partial charge in [0, 0.05) is 18.0 Å². The molecule has 0 aliphatic heterocycles. The fourth-order valence-electron chi connectivity index (χ4n) is 2.82. The predicted molar refractivity (Wildman–Crippen MR) is 111 cm³/mol. The number of nitrogens with two attached hydrogens (primary N) is 1. The molecule has 162 valence electrons. The van der Waals surface area contributed by atoms with Crippen molar-refractivity contribution in [2.75, 3.05) is 7.11 Å². The molecule has 0 atom stereocenters. The Bertz CT molecular complexity index is 1090. The second-order valence-corrected chi connectivity index (χ2v) is 6.48. The molecule has 1 heterocycles. The lowest BCUT2D eigenvalue weighted by atomic mass is 10.1. The smallest absolute Gasteiger partial charge is 0.495 e. The number of aliphatic imine (C=N–C) groups is 1. The van der Waals surface area contributed by atoms with Crippen LogP contribution in [0.1, 0.15) is 16.8 Å². The Morgan fingerprint density at radius 1 is 1.19 bits per heavy atom. The SMILES string of the molecule is COc1cc(C(C=NCc2ccc(OC(F)(F)F)cc2)=NN)ccc1-n1cnc(C)c1. The molecule has 0 fully saturated rings. The van der Waals surface area contributed by atoms with E-state index < -0.39 is 6.36 Å². The topological polar surface area (TPSA) is 87.0 Å². The number of aryl methyl sites for hydroxylation is 1. The highest BCUT2D eigenvalue weighted by atomic mass is 19.4. The van der Waals surface area contributed by atoms with Crippen LogP contribution in [0.4, 0.5) is 13.2 Å². The number of imidazole rings is 1. The molecule has 0 bridgehead atoms. The van der Waals surface area contributed by atoms with Crippen molar-refractivity contribution >= 4 is 11.9 Å². The normalized spacial score (nSPS) is 12.4. The summed E-state index contributed by atoms with van der Waals surface area (Å²) in [4.78, 5) is 8.49. The zero-order valence-electron chi connectivity index (χ0n) is 16.8. The Hall–Kier alpha value is -3.82. The summed E-state index contributed by atoms with van der Waals surface area (Å²) in [7, 11) is 1.56. The Kier molecular flexibility index (Phi) is 6.58. The summed E-state index contributed by atoms with van der Waals surface area (Å²) in [5.74, 6) is 5.84. The Morgan fingerprint density at radius 2 is 1.94 bits per heavy atom. The Labute approximate surface area is 176 Å². The third-order valence-corrected chi connectivity index (χ3v) is 4.25. The molecule has 0 saturated heterocycles. The number of hydrogen-bond acceptors (Lipinski definition) is 6. The van der Waals surface area contributed by atoms with E-state index in [9.17, 15) is 13.2 Å².